The quantitative estimate of drug-likeness (QED) is 0.926. The first-order valence-corrected chi connectivity index (χ1v) is 7.99. The number of rotatable bonds is 4. The number of fused-ring (bicyclic) bond motifs is 1. The summed E-state index contributed by atoms with van der Waals surface area (Å²) in [5.74, 6) is 0.892. The molecular weight excluding hydrogens is 269 g/mol. The van der Waals surface area contributed by atoms with Crippen LogP contribution in [-0.4, -0.2) is 41.8 Å². The fourth-order valence-electron chi connectivity index (χ4n) is 3.67. The molecule has 2 atom stereocenters. The predicted molar refractivity (Wildman–Crippen MR) is 79.9 cm³/mol. The van der Waals surface area contributed by atoms with Gasteiger partial charge in [-0.2, -0.15) is 0 Å². The number of hydrogen-bond donors (Lipinski definition) is 1. The van der Waals surface area contributed by atoms with Gasteiger partial charge < -0.3 is 9.84 Å². The molecule has 0 bridgehead atoms. The Morgan fingerprint density at radius 2 is 2.05 bits per heavy atom. The van der Waals surface area contributed by atoms with Crippen molar-refractivity contribution in [2.24, 2.45) is 5.92 Å². The number of hydrogen-bond acceptors (Lipinski definition) is 3. The van der Waals surface area contributed by atoms with Gasteiger partial charge in [0.05, 0.1) is 5.60 Å². The normalized spacial score (nSPS) is 29.9. The summed E-state index contributed by atoms with van der Waals surface area (Å²) < 4.78 is 18.5. The van der Waals surface area contributed by atoms with Gasteiger partial charge >= 0.3 is 0 Å². The van der Waals surface area contributed by atoms with Crippen molar-refractivity contribution in [3.8, 4) is 5.75 Å². The highest BCUT2D eigenvalue weighted by Crippen LogP contribution is 2.39. The topological polar surface area (TPSA) is 32.7 Å². The number of benzene rings is 1. The van der Waals surface area contributed by atoms with Crippen molar-refractivity contribution in [2.45, 2.75) is 37.7 Å². The molecule has 2 fully saturated rings. The molecule has 116 valence electrons. The molecule has 21 heavy (non-hydrogen) atoms. The summed E-state index contributed by atoms with van der Waals surface area (Å²) >= 11 is 0. The predicted octanol–water partition coefficient (Wildman–Crippen LogP) is 2.83. The summed E-state index contributed by atoms with van der Waals surface area (Å²) in [7, 11) is 0. The molecule has 2 aliphatic rings. The molecule has 1 N–H and O–H groups in total. The smallest absolute Gasteiger partial charge is 0.123 e. The van der Waals surface area contributed by atoms with Crippen LogP contribution in [0.4, 0.5) is 4.39 Å². The van der Waals surface area contributed by atoms with Crippen molar-refractivity contribution < 1.29 is 14.2 Å². The van der Waals surface area contributed by atoms with E-state index < -0.39 is 5.60 Å². The van der Waals surface area contributed by atoms with Gasteiger partial charge in [0.2, 0.25) is 0 Å². The highest BCUT2D eigenvalue weighted by atomic mass is 19.1. The lowest BCUT2D eigenvalue weighted by Crippen LogP contribution is -2.53. The molecule has 3 nitrogen and oxygen atoms in total. The first-order valence-electron chi connectivity index (χ1n) is 7.99. The minimum Gasteiger partial charge on any atom is -0.492 e. The van der Waals surface area contributed by atoms with Gasteiger partial charge in [-0.05, 0) is 43.5 Å². The number of piperidine rings is 1. The van der Waals surface area contributed by atoms with Gasteiger partial charge in [0.25, 0.3) is 0 Å². The molecule has 1 saturated carbocycles. The Morgan fingerprint density at radius 1 is 1.24 bits per heavy atom. The van der Waals surface area contributed by atoms with E-state index in [2.05, 4.69) is 4.90 Å². The van der Waals surface area contributed by atoms with Crippen LogP contribution < -0.4 is 4.74 Å². The van der Waals surface area contributed by atoms with Gasteiger partial charge in [-0.1, -0.05) is 12.8 Å². The molecular formula is C17H24FNO2. The van der Waals surface area contributed by atoms with E-state index in [-0.39, 0.29) is 5.82 Å². The number of nitrogens with zero attached hydrogens (tertiary/aromatic N) is 1. The minimum atomic E-state index is -0.410. The lowest BCUT2D eigenvalue weighted by atomic mass is 9.71. The van der Waals surface area contributed by atoms with Crippen molar-refractivity contribution in [1.29, 1.82) is 0 Å². The standard InChI is InChI=1S/C17H24FNO2/c18-15-4-6-16(7-5-15)21-12-11-19-10-9-17(20)8-2-1-3-14(17)13-19/h4-7,14,20H,1-3,8-13H2. The molecule has 4 heteroatoms. The zero-order valence-electron chi connectivity index (χ0n) is 12.4. The summed E-state index contributed by atoms with van der Waals surface area (Å²) in [5, 5.41) is 10.6. The molecule has 0 spiro atoms. The molecule has 1 heterocycles. The SMILES string of the molecule is OC12CCCCC1CN(CCOc1ccc(F)cc1)CC2. The van der Waals surface area contributed by atoms with Crippen molar-refractivity contribution >= 4 is 0 Å². The van der Waals surface area contributed by atoms with Crippen molar-refractivity contribution in [3.05, 3.63) is 30.1 Å². The summed E-state index contributed by atoms with van der Waals surface area (Å²) in [6.45, 7) is 3.39. The molecule has 2 unspecified atom stereocenters. The molecule has 3 rings (SSSR count). The van der Waals surface area contributed by atoms with Crippen LogP contribution in [0.1, 0.15) is 32.1 Å². The van der Waals surface area contributed by atoms with Crippen LogP contribution in [-0.2, 0) is 0 Å². The summed E-state index contributed by atoms with van der Waals surface area (Å²) in [5.41, 5.74) is -0.410. The van der Waals surface area contributed by atoms with E-state index in [0.717, 1.165) is 38.9 Å². The van der Waals surface area contributed by atoms with Gasteiger partial charge in [0.1, 0.15) is 18.2 Å². The Kier molecular flexibility index (Phi) is 4.45. The molecule has 1 saturated heterocycles. The first kappa shape index (κ1) is 14.8. The number of likely N-dealkylation sites (tertiary alicyclic amines) is 1. The molecule has 1 aliphatic carbocycles. The fraction of sp³-hybridized carbons (Fsp3) is 0.647. The second-order valence-corrected chi connectivity index (χ2v) is 6.40. The van der Waals surface area contributed by atoms with Crippen molar-refractivity contribution in [2.75, 3.05) is 26.2 Å². The van der Waals surface area contributed by atoms with E-state index in [9.17, 15) is 9.50 Å². The summed E-state index contributed by atoms with van der Waals surface area (Å²) in [6, 6.07) is 6.15. The van der Waals surface area contributed by atoms with E-state index in [1.54, 1.807) is 12.1 Å². The van der Waals surface area contributed by atoms with E-state index in [1.165, 1.54) is 25.0 Å². The maximum absolute atomic E-state index is 12.8. The van der Waals surface area contributed by atoms with E-state index in [4.69, 9.17) is 4.74 Å². The fourth-order valence-corrected chi connectivity index (χ4v) is 3.67. The van der Waals surface area contributed by atoms with Gasteiger partial charge in [-0.3, -0.25) is 4.90 Å². The molecule has 1 aromatic carbocycles. The summed E-state index contributed by atoms with van der Waals surface area (Å²) in [4.78, 5) is 2.38. The van der Waals surface area contributed by atoms with E-state index >= 15 is 0 Å². The second-order valence-electron chi connectivity index (χ2n) is 6.40. The lowest BCUT2D eigenvalue weighted by molar-refractivity contribution is -0.0963. The highest BCUT2D eigenvalue weighted by molar-refractivity contribution is 5.21. The van der Waals surface area contributed by atoms with Crippen LogP contribution in [0, 0.1) is 11.7 Å². The van der Waals surface area contributed by atoms with Gasteiger partial charge in [-0.15, -0.1) is 0 Å². The van der Waals surface area contributed by atoms with Crippen LogP contribution in [0.15, 0.2) is 24.3 Å². The third-order valence-electron chi connectivity index (χ3n) is 5.00. The number of aliphatic hydroxyl groups is 1. The summed E-state index contributed by atoms with van der Waals surface area (Å²) in [6.07, 6.45) is 5.41. The molecule has 1 aromatic rings. The van der Waals surface area contributed by atoms with Crippen LogP contribution in [0.3, 0.4) is 0 Å². The Morgan fingerprint density at radius 3 is 2.86 bits per heavy atom. The van der Waals surface area contributed by atoms with Crippen LogP contribution in [0.25, 0.3) is 0 Å². The minimum absolute atomic E-state index is 0.241. The first-order chi connectivity index (χ1) is 10.2. The van der Waals surface area contributed by atoms with Gasteiger partial charge in [0.15, 0.2) is 0 Å². The third kappa shape index (κ3) is 3.55. The van der Waals surface area contributed by atoms with Gasteiger partial charge in [-0.25, -0.2) is 4.39 Å². The Bertz CT molecular complexity index is 464. The molecule has 0 aromatic heterocycles. The zero-order valence-corrected chi connectivity index (χ0v) is 12.4. The van der Waals surface area contributed by atoms with Crippen LogP contribution >= 0.6 is 0 Å². The van der Waals surface area contributed by atoms with Crippen molar-refractivity contribution in [1.82, 2.24) is 4.90 Å². The third-order valence-corrected chi connectivity index (χ3v) is 5.00. The Labute approximate surface area is 125 Å². The number of halogens is 1. The van der Waals surface area contributed by atoms with E-state index in [0.29, 0.717) is 18.3 Å². The lowest BCUT2D eigenvalue weighted by Gasteiger charge is -2.47. The maximum Gasteiger partial charge on any atom is 0.123 e. The molecule has 1 aliphatic heterocycles. The Balaban J connectivity index is 1.45. The van der Waals surface area contributed by atoms with Crippen molar-refractivity contribution in [3.63, 3.8) is 0 Å². The van der Waals surface area contributed by atoms with Crippen LogP contribution in [0.5, 0.6) is 5.75 Å². The van der Waals surface area contributed by atoms with Gasteiger partial charge in [0, 0.05) is 25.6 Å². The monoisotopic (exact) mass is 293 g/mol. The average molecular weight is 293 g/mol. The number of ether oxygens (including phenoxy) is 1. The molecule has 0 amide bonds. The zero-order chi connectivity index (χ0) is 14.7. The molecule has 0 radical (unpaired) electrons. The Hall–Kier alpha value is -1.13. The second kappa shape index (κ2) is 6.32. The highest BCUT2D eigenvalue weighted by Gasteiger charge is 2.42. The largest absolute Gasteiger partial charge is 0.492 e. The average Bonchev–Trinajstić information content (AvgIpc) is 2.49. The van der Waals surface area contributed by atoms with Crippen LogP contribution in [0.2, 0.25) is 0 Å². The van der Waals surface area contributed by atoms with E-state index in [1.807, 2.05) is 0 Å². The maximum atomic E-state index is 12.8.